The van der Waals surface area contributed by atoms with Gasteiger partial charge in [-0.2, -0.15) is 0 Å². The summed E-state index contributed by atoms with van der Waals surface area (Å²) in [5, 5.41) is 12.3. The first-order chi connectivity index (χ1) is 8.72. The zero-order chi connectivity index (χ0) is 13.0. The third-order valence-electron chi connectivity index (χ3n) is 2.99. The molecule has 1 aliphatic rings. The van der Waals surface area contributed by atoms with Crippen LogP contribution in [-0.2, 0) is 0 Å². The monoisotopic (exact) mass is 321 g/mol. The summed E-state index contributed by atoms with van der Waals surface area (Å²) in [4.78, 5) is 4.34. The van der Waals surface area contributed by atoms with Crippen molar-refractivity contribution in [3.63, 3.8) is 0 Å². The molecule has 0 amide bonds. The number of hydrogen-bond donors (Lipinski definition) is 3. The number of anilines is 1. The predicted octanol–water partition coefficient (Wildman–Crippen LogP) is 1.55. The maximum atomic E-state index is 9.11. The van der Waals surface area contributed by atoms with Crippen LogP contribution < -0.4 is 15.8 Å². The number of aliphatic imine (C=N–C) groups is 1. The number of nitrogens with two attached hydrogens (primary N) is 1. The average molecular weight is 322 g/mol. The fourth-order valence-corrected chi connectivity index (χ4v) is 1.91. The van der Waals surface area contributed by atoms with E-state index in [9.17, 15) is 0 Å². The highest BCUT2D eigenvalue weighted by molar-refractivity contribution is 5.88. The quantitative estimate of drug-likeness (QED) is 0.719. The molecule has 2 rings (SSSR count). The van der Waals surface area contributed by atoms with E-state index in [4.69, 9.17) is 15.6 Å². The molecule has 1 atom stereocenters. The van der Waals surface area contributed by atoms with Crippen molar-refractivity contribution in [1.29, 1.82) is 0 Å². The molecule has 0 radical (unpaired) electrons. The molecule has 1 aromatic rings. The first kappa shape index (κ1) is 18.8. The normalized spacial score (nSPS) is 14.4. The van der Waals surface area contributed by atoms with Gasteiger partial charge in [0.1, 0.15) is 11.6 Å². The summed E-state index contributed by atoms with van der Waals surface area (Å²) >= 11 is 0. The molecule has 0 spiro atoms. The molecule has 0 fully saturated rings. The molecule has 20 heavy (non-hydrogen) atoms. The summed E-state index contributed by atoms with van der Waals surface area (Å²) in [5.41, 5.74) is 7.47. The lowest BCUT2D eigenvalue weighted by molar-refractivity contribution is 0.198. The van der Waals surface area contributed by atoms with Crippen molar-refractivity contribution in [1.82, 2.24) is 5.32 Å². The van der Waals surface area contributed by atoms with E-state index in [0.717, 1.165) is 30.2 Å². The van der Waals surface area contributed by atoms with E-state index in [1.54, 1.807) is 0 Å². The molecule has 0 saturated carbocycles. The van der Waals surface area contributed by atoms with Crippen molar-refractivity contribution in [3.8, 4) is 5.75 Å². The molecule has 0 aliphatic carbocycles. The number of nitrogen functional groups attached to an aromatic ring is 1. The van der Waals surface area contributed by atoms with Crippen molar-refractivity contribution in [2.24, 2.45) is 4.99 Å². The molecule has 7 heteroatoms. The number of aliphatic hydroxyl groups excluding tert-OH is 1. The maximum Gasteiger partial charge on any atom is 0.157 e. The summed E-state index contributed by atoms with van der Waals surface area (Å²) in [6.07, 6.45) is 0.276. The zero-order valence-electron chi connectivity index (χ0n) is 11.3. The van der Waals surface area contributed by atoms with Gasteiger partial charge in [0, 0.05) is 30.8 Å². The number of ether oxygens (including phenoxy) is 1. The highest BCUT2D eigenvalue weighted by Crippen LogP contribution is 2.24. The van der Waals surface area contributed by atoms with E-state index in [0.29, 0.717) is 12.1 Å². The minimum atomic E-state index is -0.238. The fourth-order valence-electron chi connectivity index (χ4n) is 1.91. The minimum Gasteiger partial charge on any atom is -0.482 e. The Morgan fingerprint density at radius 1 is 1.45 bits per heavy atom. The van der Waals surface area contributed by atoms with Crippen LogP contribution in [0.5, 0.6) is 5.75 Å². The smallest absolute Gasteiger partial charge is 0.157 e. The van der Waals surface area contributed by atoms with Gasteiger partial charge in [-0.15, -0.1) is 24.8 Å². The molecular weight excluding hydrogens is 301 g/mol. The van der Waals surface area contributed by atoms with Gasteiger partial charge in [0.05, 0.1) is 6.54 Å². The number of amidine groups is 1. The maximum absolute atomic E-state index is 9.11. The third-order valence-corrected chi connectivity index (χ3v) is 2.99. The summed E-state index contributed by atoms with van der Waals surface area (Å²) in [5.74, 6) is 1.55. The van der Waals surface area contributed by atoms with Gasteiger partial charge in [0.25, 0.3) is 0 Å². The van der Waals surface area contributed by atoms with Gasteiger partial charge in [-0.1, -0.05) is 6.07 Å². The van der Waals surface area contributed by atoms with Gasteiger partial charge < -0.3 is 20.9 Å². The second kappa shape index (κ2) is 8.89. The zero-order valence-corrected chi connectivity index (χ0v) is 13.0. The van der Waals surface area contributed by atoms with Crippen LogP contribution in [0.15, 0.2) is 23.2 Å². The Bertz CT molecular complexity index is 455. The standard InChI is InChI=1S/C13H19N3O2.2ClH/c1-9-10(14)3-2-4-11(9)18-12(5-8-17)13-15-6-7-16-13;;/h2-4,12,17H,5-8,14H2,1H3,(H,15,16);2*1H. The molecule has 0 aromatic heterocycles. The number of hydrogen-bond acceptors (Lipinski definition) is 5. The Morgan fingerprint density at radius 3 is 2.80 bits per heavy atom. The number of nitrogens with zero attached hydrogens (tertiary/aromatic N) is 1. The first-order valence-corrected chi connectivity index (χ1v) is 6.13. The highest BCUT2D eigenvalue weighted by atomic mass is 35.5. The molecule has 4 N–H and O–H groups in total. The van der Waals surface area contributed by atoms with Crippen LogP contribution in [-0.4, -0.2) is 36.7 Å². The van der Waals surface area contributed by atoms with Crippen molar-refractivity contribution in [2.75, 3.05) is 25.4 Å². The van der Waals surface area contributed by atoms with Gasteiger partial charge >= 0.3 is 0 Å². The van der Waals surface area contributed by atoms with E-state index in [-0.39, 0.29) is 37.5 Å². The lowest BCUT2D eigenvalue weighted by atomic mass is 10.1. The third kappa shape index (κ3) is 4.44. The summed E-state index contributed by atoms with van der Waals surface area (Å²) in [7, 11) is 0. The lowest BCUT2D eigenvalue weighted by Crippen LogP contribution is -2.36. The number of benzene rings is 1. The Balaban J connectivity index is 0.00000180. The van der Waals surface area contributed by atoms with E-state index in [1.165, 1.54) is 0 Å². The van der Waals surface area contributed by atoms with Crippen molar-refractivity contribution in [3.05, 3.63) is 23.8 Å². The van der Waals surface area contributed by atoms with E-state index in [2.05, 4.69) is 10.3 Å². The molecular formula is C13H21Cl2N3O2. The van der Waals surface area contributed by atoms with Gasteiger partial charge in [-0.05, 0) is 19.1 Å². The molecule has 1 unspecified atom stereocenters. The van der Waals surface area contributed by atoms with Crippen molar-refractivity contribution >= 4 is 36.3 Å². The average Bonchev–Trinajstić information content (AvgIpc) is 2.88. The van der Waals surface area contributed by atoms with Crippen LogP contribution >= 0.6 is 24.8 Å². The number of aliphatic hydroxyl groups is 1. The van der Waals surface area contributed by atoms with Crippen molar-refractivity contribution in [2.45, 2.75) is 19.4 Å². The summed E-state index contributed by atoms with van der Waals surface area (Å²) in [6.45, 7) is 3.57. The molecule has 5 nitrogen and oxygen atoms in total. The molecule has 114 valence electrons. The van der Waals surface area contributed by atoms with Gasteiger partial charge in [-0.25, -0.2) is 0 Å². The second-order valence-corrected chi connectivity index (χ2v) is 4.28. The summed E-state index contributed by atoms with van der Waals surface area (Å²) < 4.78 is 5.92. The van der Waals surface area contributed by atoms with E-state index >= 15 is 0 Å². The largest absolute Gasteiger partial charge is 0.482 e. The Labute approximate surface area is 131 Å². The van der Waals surface area contributed by atoms with E-state index in [1.807, 2.05) is 25.1 Å². The molecule has 0 bridgehead atoms. The Hall–Kier alpha value is -1.17. The fraction of sp³-hybridized carbons (Fsp3) is 0.462. The molecule has 1 heterocycles. The molecule has 1 aliphatic heterocycles. The Kier molecular flexibility index (Phi) is 8.37. The number of nitrogens with one attached hydrogen (secondary N) is 1. The van der Waals surface area contributed by atoms with Crippen LogP contribution in [0.4, 0.5) is 5.69 Å². The van der Waals surface area contributed by atoms with E-state index < -0.39 is 0 Å². The van der Waals surface area contributed by atoms with Gasteiger partial charge in [0.2, 0.25) is 0 Å². The van der Waals surface area contributed by atoms with Crippen molar-refractivity contribution < 1.29 is 9.84 Å². The van der Waals surface area contributed by atoms with Gasteiger partial charge in [-0.3, -0.25) is 4.99 Å². The van der Waals surface area contributed by atoms with Crippen LogP contribution in [0.25, 0.3) is 0 Å². The molecule has 0 saturated heterocycles. The lowest BCUT2D eigenvalue weighted by Gasteiger charge is -2.20. The van der Waals surface area contributed by atoms with Crippen LogP contribution in [0.3, 0.4) is 0 Å². The van der Waals surface area contributed by atoms with Gasteiger partial charge in [0.15, 0.2) is 6.10 Å². The topological polar surface area (TPSA) is 79.9 Å². The highest BCUT2D eigenvalue weighted by Gasteiger charge is 2.21. The predicted molar refractivity (Wildman–Crippen MR) is 86.5 cm³/mol. The molecule has 1 aromatic carbocycles. The van der Waals surface area contributed by atoms with Crippen LogP contribution in [0.1, 0.15) is 12.0 Å². The number of rotatable bonds is 5. The second-order valence-electron chi connectivity index (χ2n) is 4.28. The Morgan fingerprint density at radius 2 is 2.20 bits per heavy atom. The number of halogens is 2. The minimum absolute atomic E-state index is 0. The van der Waals surface area contributed by atoms with Crippen LogP contribution in [0.2, 0.25) is 0 Å². The first-order valence-electron chi connectivity index (χ1n) is 6.13. The summed E-state index contributed by atoms with van der Waals surface area (Å²) in [6, 6.07) is 5.58. The SMILES string of the molecule is Cc1c(N)cccc1OC(CCO)C1=NCCN1.Cl.Cl. The van der Waals surface area contributed by atoms with Crippen LogP contribution in [0, 0.1) is 6.92 Å².